The highest BCUT2D eigenvalue weighted by molar-refractivity contribution is 7.85. The van der Waals surface area contributed by atoms with E-state index in [2.05, 4.69) is 0 Å². The molecule has 0 radical (unpaired) electrons. The van der Waals surface area contributed by atoms with Crippen LogP contribution in [0, 0.1) is 0 Å². The van der Waals surface area contributed by atoms with Gasteiger partial charge in [0.1, 0.15) is 5.60 Å². The van der Waals surface area contributed by atoms with Crippen LogP contribution in [-0.2, 0) is 15.5 Å². The fourth-order valence-corrected chi connectivity index (χ4v) is 2.77. The standard InChI is InChI=1S/C11H22N2O3S/c1-11(2,3)16-10(14)13-6-4-9(5-7-13)17(15)8-12/h9H,4-8,12H2,1-3H3. The molecular weight excluding hydrogens is 240 g/mol. The molecule has 1 rings (SSSR count). The van der Waals surface area contributed by atoms with Gasteiger partial charge in [-0.25, -0.2) is 4.79 Å². The number of hydrogen-bond donors (Lipinski definition) is 1. The predicted octanol–water partition coefficient (Wildman–Crippen LogP) is 1.05. The van der Waals surface area contributed by atoms with Gasteiger partial charge < -0.3 is 15.4 Å². The lowest BCUT2D eigenvalue weighted by molar-refractivity contribution is 0.0218. The van der Waals surface area contributed by atoms with E-state index in [1.165, 1.54) is 0 Å². The number of carbonyl (C=O) groups is 1. The Balaban J connectivity index is 2.42. The van der Waals surface area contributed by atoms with Gasteiger partial charge in [0.15, 0.2) is 0 Å². The number of ether oxygens (including phenoxy) is 1. The Morgan fingerprint density at radius 1 is 1.41 bits per heavy atom. The van der Waals surface area contributed by atoms with Crippen LogP contribution < -0.4 is 5.73 Å². The van der Waals surface area contributed by atoms with E-state index in [1.807, 2.05) is 20.8 Å². The number of rotatable bonds is 2. The van der Waals surface area contributed by atoms with Crippen LogP contribution in [0.25, 0.3) is 0 Å². The van der Waals surface area contributed by atoms with Crippen LogP contribution in [0.4, 0.5) is 4.79 Å². The van der Waals surface area contributed by atoms with E-state index >= 15 is 0 Å². The Morgan fingerprint density at radius 3 is 2.35 bits per heavy atom. The molecule has 0 aromatic carbocycles. The second-order valence-corrected chi connectivity index (χ2v) is 6.98. The highest BCUT2D eigenvalue weighted by atomic mass is 32.2. The fourth-order valence-electron chi connectivity index (χ4n) is 1.76. The lowest BCUT2D eigenvalue weighted by atomic mass is 10.1. The maximum absolute atomic E-state index is 11.8. The molecule has 5 nitrogen and oxygen atoms in total. The van der Waals surface area contributed by atoms with Gasteiger partial charge in [-0.3, -0.25) is 4.21 Å². The molecule has 100 valence electrons. The zero-order chi connectivity index (χ0) is 13.1. The minimum Gasteiger partial charge on any atom is -0.444 e. The molecule has 2 N–H and O–H groups in total. The summed E-state index contributed by atoms with van der Waals surface area (Å²) < 4.78 is 16.8. The normalized spacial score (nSPS) is 20.1. The highest BCUT2D eigenvalue weighted by Gasteiger charge is 2.28. The summed E-state index contributed by atoms with van der Waals surface area (Å²) in [4.78, 5) is 13.4. The fraction of sp³-hybridized carbons (Fsp3) is 0.909. The Labute approximate surface area is 105 Å². The van der Waals surface area contributed by atoms with Crippen LogP contribution >= 0.6 is 0 Å². The molecule has 0 aliphatic carbocycles. The lowest BCUT2D eigenvalue weighted by Gasteiger charge is -2.32. The topological polar surface area (TPSA) is 72.6 Å². The summed E-state index contributed by atoms with van der Waals surface area (Å²) in [7, 11) is -0.962. The number of amides is 1. The maximum atomic E-state index is 11.8. The summed E-state index contributed by atoms with van der Waals surface area (Å²) in [6.07, 6.45) is 1.20. The van der Waals surface area contributed by atoms with Gasteiger partial charge in [-0.1, -0.05) is 0 Å². The molecule has 1 aliphatic rings. The molecule has 1 fully saturated rings. The first kappa shape index (κ1) is 14.4. The molecule has 1 atom stereocenters. The Hall–Kier alpha value is -0.620. The molecule has 1 saturated heterocycles. The van der Waals surface area contributed by atoms with Crippen molar-refractivity contribution < 1.29 is 13.7 Å². The molecule has 0 aromatic heterocycles. The van der Waals surface area contributed by atoms with E-state index < -0.39 is 16.4 Å². The van der Waals surface area contributed by atoms with Crippen LogP contribution in [0.1, 0.15) is 33.6 Å². The predicted molar refractivity (Wildman–Crippen MR) is 68.0 cm³/mol. The van der Waals surface area contributed by atoms with Crippen LogP contribution in [0.15, 0.2) is 0 Å². The van der Waals surface area contributed by atoms with Gasteiger partial charge in [0.25, 0.3) is 0 Å². The van der Waals surface area contributed by atoms with Gasteiger partial charge in [0, 0.05) is 29.1 Å². The zero-order valence-electron chi connectivity index (χ0n) is 10.8. The minimum atomic E-state index is -0.962. The molecule has 6 heteroatoms. The third-order valence-electron chi connectivity index (χ3n) is 2.63. The van der Waals surface area contributed by atoms with Gasteiger partial charge in [-0.15, -0.1) is 0 Å². The number of likely N-dealkylation sites (tertiary alicyclic amines) is 1. The minimum absolute atomic E-state index is 0.124. The van der Waals surface area contributed by atoms with Crippen molar-refractivity contribution in [1.29, 1.82) is 0 Å². The first-order chi connectivity index (χ1) is 7.83. The smallest absolute Gasteiger partial charge is 0.410 e. The molecule has 0 aromatic rings. The number of piperidine rings is 1. The number of carbonyl (C=O) groups excluding carboxylic acids is 1. The third-order valence-corrected chi connectivity index (χ3v) is 4.17. The number of nitrogens with zero attached hydrogens (tertiary/aromatic N) is 1. The molecule has 17 heavy (non-hydrogen) atoms. The second-order valence-electron chi connectivity index (χ2n) is 5.21. The monoisotopic (exact) mass is 262 g/mol. The van der Waals surface area contributed by atoms with Gasteiger partial charge in [-0.05, 0) is 33.6 Å². The molecule has 0 spiro atoms. The Bertz CT molecular complexity index is 294. The zero-order valence-corrected chi connectivity index (χ0v) is 11.6. The van der Waals surface area contributed by atoms with Crippen molar-refractivity contribution in [3.05, 3.63) is 0 Å². The summed E-state index contributed by atoms with van der Waals surface area (Å²) in [6, 6.07) is 0. The highest BCUT2D eigenvalue weighted by Crippen LogP contribution is 2.18. The van der Waals surface area contributed by atoms with Gasteiger partial charge in [0.05, 0.1) is 5.88 Å². The third kappa shape index (κ3) is 4.63. The molecular formula is C11H22N2O3S. The average Bonchev–Trinajstić information content (AvgIpc) is 2.26. The first-order valence-corrected chi connectivity index (χ1v) is 7.27. The quantitative estimate of drug-likeness (QED) is 0.807. The molecule has 0 saturated carbocycles. The van der Waals surface area contributed by atoms with Gasteiger partial charge >= 0.3 is 6.09 Å². The summed E-state index contributed by atoms with van der Waals surface area (Å²) in [5.74, 6) is 0.205. The summed E-state index contributed by atoms with van der Waals surface area (Å²) in [5, 5.41) is 0.124. The first-order valence-electron chi connectivity index (χ1n) is 5.88. The molecule has 0 bridgehead atoms. The number of nitrogens with two attached hydrogens (primary N) is 1. The van der Waals surface area contributed by atoms with Crippen LogP contribution in [0.3, 0.4) is 0 Å². The summed E-state index contributed by atoms with van der Waals surface area (Å²) in [5.41, 5.74) is 4.91. The van der Waals surface area contributed by atoms with Crippen molar-refractivity contribution in [2.45, 2.75) is 44.5 Å². The molecule has 1 heterocycles. The van der Waals surface area contributed by atoms with Gasteiger partial charge in [-0.2, -0.15) is 0 Å². The second kappa shape index (κ2) is 5.82. The lowest BCUT2D eigenvalue weighted by Crippen LogP contribution is -2.44. The van der Waals surface area contributed by atoms with Crippen LogP contribution in [-0.4, -0.2) is 45.0 Å². The van der Waals surface area contributed by atoms with E-state index in [0.29, 0.717) is 13.1 Å². The van der Waals surface area contributed by atoms with Crippen LogP contribution in [0.5, 0.6) is 0 Å². The van der Waals surface area contributed by atoms with Crippen molar-refractivity contribution in [2.24, 2.45) is 5.73 Å². The van der Waals surface area contributed by atoms with E-state index in [0.717, 1.165) is 12.8 Å². The van der Waals surface area contributed by atoms with Crippen LogP contribution in [0.2, 0.25) is 0 Å². The van der Waals surface area contributed by atoms with Crippen molar-refractivity contribution in [3.8, 4) is 0 Å². The van der Waals surface area contributed by atoms with Crippen molar-refractivity contribution in [2.75, 3.05) is 19.0 Å². The van der Waals surface area contributed by atoms with Crippen molar-refractivity contribution >= 4 is 16.9 Å². The molecule has 1 unspecified atom stereocenters. The van der Waals surface area contributed by atoms with E-state index in [4.69, 9.17) is 10.5 Å². The average molecular weight is 262 g/mol. The van der Waals surface area contributed by atoms with Crippen molar-refractivity contribution in [1.82, 2.24) is 4.90 Å². The van der Waals surface area contributed by atoms with E-state index in [1.54, 1.807) is 4.90 Å². The van der Waals surface area contributed by atoms with E-state index in [9.17, 15) is 9.00 Å². The Kier molecular flexibility index (Phi) is 4.94. The SMILES string of the molecule is CC(C)(C)OC(=O)N1CCC(S(=O)CN)CC1. The maximum Gasteiger partial charge on any atom is 0.410 e. The van der Waals surface area contributed by atoms with Gasteiger partial charge in [0.2, 0.25) is 0 Å². The molecule has 1 amide bonds. The number of hydrogen-bond acceptors (Lipinski definition) is 4. The van der Waals surface area contributed by atoms with Crippen molar-refractivity contribution in [3.63, 3.8) is 0 Å². The Morgan fingerprint density at radius 2 is 1.94 bits per heavy atom. The summed E-state index contributed by atoms with van der Waals surface area (Å²) in [6.45, 7) is 6.75. The molecule has 1 aliphatic heterocycles. The largest absolute Gasteiger partial charge is 0.444 e. The summed E-state index contributed by atoms with van der Waals surface area (Å²) >= 11 is 0. The van der Waals surface area contributed by atoms with E-state index in [-0.39, 0.29) is 17.2 Å².